The Balaban J connectivity index is 1.76. The first kappa shape index (κ1) is 14.3. The van der Waals surface area contributed by atoms with Gasteiger partial charge in [-0.2, -0.15) is 0 Å². The minimum absolute atomic E-state index is 0.511. The summed E-state index contributed by atoms with van der Waals surface area (Å²) in [5.41, 5.74) is 1.94. The van der Waals surface area contributed by atoms with Gasteiger partial charge in [0.05, 0.1) is 10.2 Å². The maximum Gasteiger partial charge on any atom is 0.328 e. The third-order valence-corrected chi connectivity index (χ3v) is 3.98. The number of aliphatic carboxylic acids is 1. The molecule has 0 amide bonds. The molecule has 5 heteroatoms. The fourth-order valence-corrected chi connectivity index (χ4v) is 2.87. The van der Waals surface area contributed by atoms with Crippen LogP contribution in [-0.2, 0) is 11.4 Å². The van der Waals surface area contributed by atoms with Gasteiger partial charge in [-0.3, -0.25) is 0 Å². The monoisotopic (exact) mass is 311 g/mol. The largest absolute Gasteiger partial charge is 0.489 e. The van der Waals surface area contributed by atoms with E-state index in [1.54, 1.807) is 0 Å². The molecule has 3 aromatic rings. The molecule has 0 spiro atoms. The van der Waals surface area contributed by atoms with E-state index < -0.39 is 5.97 Å². The van der Waals surface area contributed by atoms with E-state index >= 15 is 0 Å². The minimum Gasteiger partial charge on any atom is -0.489 e. The summed E-state index contributed by atoms with van der Waals surface area (Å²) in [5, 5.41) is 9.31. The second kappa shape index (κ2) is 6.41. The van der Waals surface area contributed by atoms with Crippen molar-refractivity contribution in [1.82, 2.24) is 4.98 Å². The zero-order chi connectivity index (χ0) is 15.4. The van der Waals surface area contributed by atoms with Gasteiger partial charge in [-0.05, 0) is 29.8 Å². The minimum atomic E-state index is -0.980. The van der Waals surface area contributed by atoms with Crippen molar-refractivity contribution >= 4 is 33.6 Å². The third kappa shape index (κ3) is 3.51. The van der Waals surface area contributed by atoms with Gasteiger partial charge in [-0.15, -0.1) is 11.3 Å². The molecule has 0 saturated heterocycles. The van der Waals surface area contributed by atoms with Gasteiger partial charge in [0.1, 0.15) is 17.4 Å². The van der Waals surface area contributed by atoms with Gasteiger partial charge < -0.3 is 9.84 Å². The Morgan fingerprint density at radius 2 is 2.05 bits per heavy atom. The zero-order valence-electron chi connectivity index (χ0n) is 11.6. The van der Waals surface area contributed by atoms with Crippen LogP contribution in [0.3, 0.4) is 0 Å². The molecule has 1 N–H and O–H groups in total. The highest BCUT2D eigenvalue weighted by atomic mass is 32.1. The molecule has 0 bridgehead atoms. The molecule has 0 unspecified atom stereocenters. The Kier molecular flexibility index (Phi) is 4.16. The van der Waals surface area contributed by atoms with E-state index in [-0.39, 0.29) is 0 Å². The van der Waals surface area contributed by atoms with Gasteiger partial charge in [-0.25, -0.2) is 9.78 Å². The molecule has 22 heavy (non-hydrogen) atoms. The summed E-state index contributed by atoms with van der Waals surface area (Å²) in [7, 11) is 0. The third-order valence-electron chi connectivity index (χ3n) is 2.99. The van der Waals surface area contributed by atoms with Gasteiger partial charge in [0.2, 0.25) is 0 Å². The van der Waals surface area contributed by atoms with Crippen molar-refractivity contribution in [1.29, 1.82) is 0 Å². The number of carboxylic acid groups (broad SMARTS) is 1. The number of aromatic nitrogens is 1. The van der Waals surface area contributed by atoms with Gasteiger partial charge >= 0.3 is 5.97 Å². The first-order chi connectivity index (χ1) is 10.7. The molecule has 0 atom stereocenters. The van der Waals surface area contributed by atoms with E-state index in [0.717, 1.165) is 27.6 Å². The number of carboxylic acids is 1. The number of benzene rings is 2. The molecule has 0 aliphatic carbocycles. The first-order valence-corrected chi connectivity index (χ1v) is 7.51. The molecule has 1 heterocycles. The molecular weight excluding hydrogens is 298 g/mol. The van der Waals surface area contributed by atoms with Crippen molar-refractivity contribution in [2.75, 3.05) is 0 Å². The molecule has 4 nitrogen and oxygen atoms in total. The van der Waals surface area contributed by atoms with Crippen LogP contribution < -0.4 is 4.74 Å². The summed E-state index contributed by atoms with van der Waals surface area (Å²) in [5.74, 6) is -0.208. The molecule has 0 aliphatic heterocycles. The number of thiazole rings is 1. The molecule has 110 valence electrons. The summed E-state index contributed by atoms with van der Waals surface area (Å²) in [4.78, 5) is 14.9. The van der Waals surface area contributed by atoms with E-state index in [1.807, 2.05) is 48.5 Å². The molecule has 0 radical (unpaired) electrons. The number of nitrogens with zero attached hydrogens (tertiary/aromatic N) is 1. The number of hydrogen-bond donors (Lipinski definition) is 1. The van der Waals surface area contributed by atoms with E-state index in [1.165, 1.54) is 17.4 Å². The molecule has 1 aromatic heterocycles. The maximum atomic E-state index is 10.5. The van der Waals surface area contributed by atoms with Crippen LogP contribution in [0.2, 0.25) is 0 Å². The lowest BCUT2D eigenvalue weighted by atomic mass is 10.2. The van der Waals surface area contributed by atoms with Crippen molar-refractivity contribution in [2.24, 2.45) is 0 Å². The van der Waals surface area contributed by atoms with E-state index in [4.69, 9.17) is 9.84 Å². The zero-order valence-corrected chi connectivity index (χ0v) is 12.4. The number of hydrogen-bond acceptors (Lipinski definition) is 4. The Morgan fingerprint density at radius 1 is 1.23 bits per heavy atom. The lowest BCUT2D eigenvalue weighted by Crippen LogP contribution is -1.94. The molecule has 0 fully saturated rings. The lowest BCUT2D eigenvalue weighted by Gasteiger charge is -2.05. The predicted molar refractivity (Wildman–Crippen MR) is 87.1 cm³/mol. The topological polar surface area (TPSA) is 59.4 Å². The quantitative estimate of drug-likeness (QED) is 0.724. The van der Waals surface area contributed by atoms with Crippen molar-refractivity contribution in [2.45, 2.75) is 6.61 Å². The van der Waals surface area contributed by atoms with Crippen LogP contribution >= 0.6 is 11.3 Å². The smallest absolute Gasteiger partial charge is 0.328 e. The summed E-state index contributed by atoms with van der Waals surface area (Å²) >= 11 is 1.43. The van der Waals surface area contributed by atoms with E-state index in [2.05, 4.69) is 4.98 Å². The summed E-state index contributed by atoms with van der Waals surface area (Å²) in [6.07, 6.45) is 2.59. The first-order valence-electron chi connectivity index (χ1n) is 6.69. The van der Waals surface area contributed by atoms with Crippen LogP contribution in [0.1, 0.15) is 10.6 Å². The van der Waals surface area contributed by atoms with E-state index in [9.17, 15) is 4.79 Å². The van der Waals surface area contributed by atoms with Gasteiger partial charge in [0.15, 0.2) is 0 Å². The highest BCUT2D eigenvalue weighted by Gasteiger charge is 2.04. The highest BCUT2D eigenvalue weighted by Crippen LogP contribution is 2.27. The Bertz CT molecular complexity index is 824. The fourth-order valence-electron chi connectivity index (χ4n) is 1.97. The van der Waals surface area contributed by atoms with Crippen molar-refractivity contribution in [3.8, 4) is 5.75 Å². The van der Waals surface area contributed by atoms with Gasteiger partial charge in [0.25, 0.3) is 0 Å². The summed E-state index contributed by atoms with van der Waals surface area (Å²) < 4.78 is 6.74. The number of ether oxygens (including phenoxy) is 1. The van der Waals surface area contributed by atoms with Crippen molar-refractivity contribution in [3.63, 3.8) is 0 Å². The molecule has 0 saturated carbocycles. The average Bonchev–Trinajstić information content (AvgIpc) is 2.94. The second-order valence-electron chi connectivity index (χ2n) is 4.63. The van der Waals surface area contributed by atoms with E-state index in [0.29, 0.717) is 11.6 Å². The SMILES string of the molecule is O=C(O)C=Cc1nc2ccc(OCc3ccccc3)cc2s1. The average molecular weight is 311 g/mol. The Morgan fingerprint density at radius 3 is 2.82 bits per heavy atom. The standard InChI is InChI=1S/C17H13NO3S/c19-17(20)9-8-16-18-14-7-6-13(10-15(14)22-16)21-11-12-4-2-1-3-5-12/h1-10H,11H2,(H,19,20). The van der Waals surface area contributed by atoms with Gasteiger partial charge in [0, 0.05) is 6.08 Å². The van der Waals surface area contributed by atoms with Crippen LogP contribution in [-0.4, -0.2) is 16.1 Å². The summed E-state index contributed by atoms with van der Waals surface area (Å²) in [6, 6.07) is 15.6. The molecule has 3 rings (SSSR count). The molecule has 2 aromatic carbocycles. The lowest BCUT2D eigenvalue weighted by molar-refractivity contribution is -0.131. The van der Waals surface area contributed by atoms with Crippen LogP contribution in [0.4, 0.5) is 0 Å². The van der Waals surface area contributed by atoms with Crippen LogP contribution in [0, 0.1) is 0 Å². The Hall–Kier alpha value is -2.66. The van der Waals surface area contributed by atoms with Crippen molar-refractivity contribution in [3.05, 3.63) is 65.2 Å². The van der Waals surface area contributed by atoms with Crippen LogP contribution in [0.15, 0.2) is 54.6 Å². The van der Waals surface area contributed by atoms with Crippen molar-refractivity contribution < 1.29 is 14.6 Å². The molecular formula is C17H13NO3S. The number of fused-ring (bicyclic) bond motifs is 1. The second-order valence-corrected chi connectivity index (χ2v) is 5.69. The fraction of sp³-hybridized carbons (Fsp3) is 0.0588. The normalized spacial score (nSPS) is 11.1. The van der Waals surface area contributed by atoms with Crippen LogP contribution in [0.25, 0.3) is 16.3 Å². The highest BCUT2D eigenvalue weighted by molar-refractivity contribution is 7.19. The summed E-state index contributed by atoms with van der Waals surface area (Å²) in [6.45, 7) is 0.511. The number of carbonyl (C=O) groups is 1. The van der Waals surface area contributed by atoms with Gasteiger partial charge in [-0.1, -0.05) is 30.3 Å². The molecule has 0 aliphatic rings. The Labute approximate surface area is 131 Å². The van der Waals surface area contributed by atoms with Crippen LogP contribution in [0.5, 0.6) is 5.75 Å². The number of rotatable bonds is 5. The maximum absolute atomic E-state index is 10.5. The predicted octanol–water partition coefficient (Wildman–Crippen LogP) is 3.97.